The van der Waals surface area contributed by atoms with Crippen molar-refractivity contribution in [2.45, 2.75) is 13.2 Å². The molecule has 2 aromatic rings. The van der Waals surface area contributed by atoms with E-state index < -0.39 is 20.2 Å². The zero-order valence-electron chi connectivity index (χ0n) is 10.8. The van der Waals surface area contributed by atoms with Crippen molar-refractivity contribution in [2.75, 3.05) is 19.2 Å². The molecule has 0 radical (unpaired) electrons. The first-order valence-corrected chi connectivity index (χ1v) is 7.32. The Kier molecular flexibility index (Phi) is 3.91. The van der Waals surface area contributed by atoms with Crippen molar-refractivity contribution >= 4 is 24.7 Å². The Morgan fingerprint density at radius 1 is 1.50 bits per heavy atom. The third-order valence-corrected chi connectivity index (χ3v) is 2.96. The van der Waals surface area contributed by atoms with Gasteiger partial charge in [0.25, 0.3) is 0 Å². The van der Waals surface area contributed by atoms with Crippen molar-refractivity contribution in [1.29, 1.82) is 0 Å². The molecule has 20 heavy (non-hydrogen) atoms. The Morgan fingerprint density at radius 3 is 2.80 bits per heavy atom. The van der Waals surface area contributed by atoms with Gasteiger partial charge in [0.15, 0.2) is 17.5 Å². The fourth-order valence-electron chi connectivity index (χ4n) is 1.60. The molecule has 0 aromatic carbocycles. The van der Waals surface area contributed by atoms with Crippen LogP contribution < -0.4 is 10.5 Å². The van der Waals surface area contributed by atoms with Gasteiger partial charge in [-0.05, 0) is 6.92 Å². The lowest BCUT2D eigenvalue weighted by atomic mass is 10.5. The van der Waals surface area contributed by atoms with Crippen LogP contribution in [-0.4, -0.2) is 42.8 Å². The van der Waals surface area contributed by atoms with Gasteiger partial charge in [-0.1, -0.05) is 0 Å². The molecule has 0 saturated heterocycles. The second kappa shape index (κ2) is 5.33. The van der Waals surface area contributed by atoms with Crippen LogP contribution in [0.25, 0.3) is 11.2 Å². The molecule has 0 spiro atoms. The van der Waals surface area contributed by atoms with Crippen LogP contribution in [0.1, 0.15) is 13.2 Å². The van der Waals surface area contributed by atoms with Gasteiger partial charge in [-0.3, -0.25) is 9.13 Å². The zero-order valence-corrected chi connectivity index (χ0v) is 11.7. The maximum absolute atomic E-state index is 10.8. The molecule has 2 rings (SSSR count). The molecule has 10 nitrogen and oxygen atoms in total. The molecule has 0 aliphatic heterocycles. The highest BCUT2D eigenvalue weighted by Crippen LogP contribution is 2.35. The first-order valence-electron chi connectivity index (χ1n) is 5.52. The van der Waals surface area contributed by atoms with Gasteiger partial charge in [-0.2, -0.15) is 9.97 Å². The summed E-state index contributed by atoms with van der Waals surface area (Å²) < 4.78 is 22.4. The number of aromatic nitrogens is 4. The van der Waals surface area contributed by atoms with Crippen LogP contribution in [-0.2, 0) is 9.30 Å². The van der Waals surface area contributed by atoms with E-state index in [0.717, 1.165) is 0 Å². The van der Waals surface area contributed by atoms with Crippen LogP contribution in [0.5, 0.6) is 5.88 Å². The average molecular weight is 303 g/mol. The van der Waals surface area contributed by atoms with Crippen LogP contribution in [0, 0.1) is 0 Å². The van der Waals surface area contributed by atoms with Crippen LogP contribution in [0.15, 0.2) is 6.33 Å². The van der Waals surface area contributed by atoms with Gasteiger partial charge in [-0.25, -0.2) is 4.98 Å². The Hall–Kier alpha value is -1.74. The molecule has 0 amide bonds. The SMILES string of the molecule is COc1nc(N)nc2c1ncn2C(C)OCP(=O)(O)O. The maximum Gasteiger partial charge on any atom is 0.351 e. The lowest BCUT2D eigenvalue weighted by Crippen LogP contribution is -2.11. The second-order valence-corrected chi connectivity index (χ2v) is 5.56. The van der Waals surface area contributed by atoms with E-state index >= 15 is 0 Å². The highest BCUT2D eigenvalue weighted by atomic mass is 31.2. The van der Waals surface area contributed by atoms with Crippen molar-refractivity contribution in [3.63, 3.8) is 0 Å². The second-order valence-electron chi connectivity index (χ2n) is 3.97. The Morgan fingerprint density at radius 2 is 2.20 bits per heavy atom. The Labute approximate surface area is 113 Å². The molecule has 4 N–H and O–H groups in total. The summed E-state index contributed by atoms with van der Waals surface area (Å²) in [7, 11) is -2.82. The highest BCUT2D eigenvalue weighted by molar-refractivity contribution is 7.51. The van der Waals surface area contributed by atoms with E-state index in [-0.39, 0.29) is 11.8 Å². The molecular weight excluding hydrogens is 289 g/mol. The lowest BCUT2D eigenvalue weighted by molar-refractivity contribution is 0.0392. The van der Waals surface area contributed by atoms with Gasteiger partial charge in [-0.15, -0.1) is 0 Å². The number of nitrogens with two attached hydrogens (primary N) is 1. The normalized spacial score (nSPS) is 13.6. The predicted molar refractivity (Wildman–Crippen MR) is 69.0 cm³/mol. The number of imidazole rings is 1. The van der Waals surface area contributed by atoms with Crippen molar-refractivity contribution in [1.82, 2.24) is 19.5 Å². The van der Waals surface area contributed by atoms with Gasteiger partial charge in [0, 0.05) is 0 Å². The number of fused-ring (bicyclic) bond motifs is 1. The molecule has 110 valence electrons. The van der Waals surface area contributed by atoms with Crippen LogP contribution >= 0.6 is 7.60 Å². The van der Waals surface area contributed by atoms with Crippen molar-refractivity contribution in [3.8, 4) is 5.88 Å². The summed E-state index contributed by atoms with van der Waals surface area (Å²) in [6.07, 6.45) is 0.0172. The largest absolute Gasteiger partial charge is 0.479 e. The van der Waals surface area contributed by atoms with E-state index in [4.69, 9.17) is 25.0 Å². The summed E-state index contributed by atoms with van der Waals surface area (Å²) >= 11 is 0. The first-order chi connectivity index (χ1) is 9.31. The summed E-state index contributed by atoms with van der Waals surface area (Å²) in [4.78, 5) is 29.6. The van der Waals surface area contributed by atoms with Crippen molar-refractivity contribution < 1.29 is 23.8 Å². The predicted octanol–water partition coefficient (Wildman–Crippen LogP) is 0.0874. The minimum absolute atomic E-state index is 0.00159. The third kappa shape index (κ3) is 3.05. The molecule has 0 aliphatic carbocycles. The number of anilines is 1. The molecule has 2 aromatic heterocycles. The highest BCUT2D eigenvalue weighted by Gasteiger charge is 2.19. The zero-order chi connectivity index (χ0) is 14.9. The summed E-state index contributed by atoms with van der Waals surface area (Å²) in [6.45, 7) is 1.60. The monoisotopic (exact) mass is 303 g/mol. The smallest absolute Gasteiger partial charge is 0.351 e. The standard InChI is InChI=1S/C9H14N5O5P/c1-5(19-4-20(15,16)17)14-3-11-6-7(14)12-9(10)13-8(6)18-2/h3,5H,4H2,1-2H3,(H2,10,12,13)(H2,15,16,17). The van der Waals surface area contributed by atoms with E-state index in [0.29, 0.717) is 11.2 Å². The molecule has 1 unspecified atom stereocenters. The molecular formula is C9H14N5O5P. The van der Waals surface area contributed by atoms with E-state index in [1.807, 2.05) is 0 Å². The van der Waals surface area contributed by atoms with E-state index in [9.17, 15) is 4.57 Å². The minimum Gasteiger partial charge on any atom is -0.479 e. The number of hydrogen-bond donors (Lipinski definition) is 3. The fourth-order valence-corrected chi connectivity index (χ4v) is 2.01. The molecule has 1 atom stereocenters. The molecule has 0 saturated carbocycles. The minimum atomic E-state index is -4.24. The number of methoxy groups -OCH3 is 1. The van der Waals surface area contributed by atoms with Crippen LogP contribution in [0.4, 0.5) is 5.95 Å². The molecule has 11 heteroatoms. The quantitative estimate of drug-likeness (QED) is 0.654. The Balaban J connectivity index is 2.35. The maximum atomic E-state index is 10.8. The first kappa shape index (κ1) is 14.7. The van der Waals surface area contributed by atoms with Gasteiger partial charge in [0.1, 0.15) is 6.23 Å². The lowest BCUT2D eigenvalue weighted by Gasteiger charge is -2.15. The van der Waals surface area contributed by atoms with Crippen molar-refractivity contribution in [2.24, 2.45) is 0 Å². The molecule has 0 aliphatic rings. The number of hydrogen-bond acceptors (Lipinski definition) is 7. The fraction of sp³-hybridized carbons (Fsp3) is 0.444. The van der Waals surface area contributed by atoms with Gasteiger partial charge in [0.2, 0.25) is 11.8 Å². The number of rotatable bonds is 5. The van der Waals surface area contributed by atoms with E-state index in [2.05, 4.69) is 15.0 Å². The van der Waals surface area contributed by atoms with Crippen LogP contribution in [0.2, 0.25) is 0 Å². The topological polar surface area (TPSA) is 146 Å². The van der Waals surface area contributed by atoms with Crippen molar-refractivity contribution in [3.05, 3.63) is 6.33 Å². The van der Waals surface area contributed by atoms with Crippen LogP contribution in [0.3, 0.4) is 0 Å². The molecule has 2 heterocycles. The number of ether oxygens (including phenoxy) is 2. The third-order valence-electron chi connectivity index (χ3n) is 2.48. The van der Waals surface area contributed by atoms with Gasteiger partial charge < -0.3 is 25.0 Å². The summed E-state index contributed by atoms with van der Waals surface area (Å²) in [5, 5.41) is 0. The summed E-state index contributed by atoms with van der Waals surface area (Å²) in [5.41, 5.74) is 6.30. The number of nitrogens with zero attached hydrogens (tertiary/aromatic N) is 4. The van der Waals surface area contributed by atoms with Gasteiger partial charge >= 0.3 is 7.60 Å². The summed E-state index contributed by atoms with van der Waals surface area (Å²) in [6, 6.07) is 0. The Bertz CT molecular complexity index is 668. The molecule has 0 bridgehead atoms. The van der Waals surface area contributed by atoms with E-state index in [1.54, 1.807) is 6.92 Å². The van der Waals surface area contributed by atoms with Gasteiger partial charge in [0.05, 0.1) is 13.4 Å². The molecule has 0 fully saturated rings. The number of nitrogen functional groups attached to an aromatic ring is 1. The summed E-state index contributed by atoms with van der Waals surface area (Å²) in [5.74, 6) is 0.215. The average Bonchev–Trinajstić information content (AvgIpc) is 2.77. The van der Waals surface area contributed by atoms with E-state index in [1.165, 1.54) is 18.0 Å².